The summed E-state index contributed by atoms with van der Waals surface area (Å²) in [4.78, 5) is 2.50. The van der Waals surface area contributed by atoms with E-state index in [-0.39, 0.29) is 11.9 Å². The molecule has 0 amide bonds. The van der Waals surface area contributed by atoms with Crippen LogP contribution in [0.2, 0.25) is 5.02 Å². The Morgan fingerprint density at radius 2 is 1.66 bits per heavy atom. The molecule has 4 aromatic rings. The number of halogens is 1. The lowest BCUT2D eigenvalue weighted by molar-refractivity contribution is 0.00205. The molecule has 2 fully saturated rings. The molecule has 1 aromatic heterocycles. The quantitative estimate of drug-likeness (QED) is 0.308. The van der Waals surface area contributed by atoms with Gasteiger partial charge in [0.1, 0.15) is 23.3 Å². The summed E-state index contributed by atoms with van der Waals surface area (Å²) >= 11 is 6.52. The standard InChI is InChI=1S/C29H27ClN2O3/c30-26-7-2-1-6-25(26)28-27(29(35-31-28)21-8-12-22(33)13-9-21)20-10-14-23(15-11-20)34-24-17-32(18-24)16-19-4-3-5-19/h1-2,6-15,19,24,33H,3-5,16-18H2. The minimum absolute atomic E-state index is 0.199. The summed E-state index contributed by atoms with van der Waals surface area (Å²) in [6.45, 7) is 3.23. The van der Waals surface area contributed by atoms with Gasteiger partial charge in [0.15, 0.2) is 5.76 Å². The molecule has 1 aliphatic carbocycles. The van der Waals surface area contributed by atoms with Gasteiger partial charge >= 0.3 is 0 Å². The van der Waals surface area contributed by atoms with Gasteiger partial charge in [0.05, 0.1) is 10.6 Å². The number of aromatic hydroxyl groups is 1. The summed E-state index contributed by atoms with van der Waals surface area (Å²) in [5.41, 5.74) is 4.12. The van der Waals surface area contributed by atoms with Gasteiger partial charge in [-0.3, -0.25) is 4.90 Å². The van der Waals surface area contributed by atoms with E-state index in [1.165, 1.54) is 25.8 Å². The highest BCUT2D eigenvalue weighted by Gasteiger charge is 2.31. The van der Waals surface area contributed by atoms with Gasteiger partial charge in [-0.2, -0.15) is 0 Å². The van der Waals surface area contributed by atoms with Crippen LogP contribution in [0.15, 0.2) is 77.3 Å². The molecule has 2 aliphatic rings. The van der Waals surface area contributed by atoms with E-state index < -0.39 is 0 Å². The second-order valence-corrected chi connectivity index (χ2v) is 9.95. The number of hydrogen-bond donors (Lipinski definition) is 1. The van der Waals surface area contributed by atoms with Gasteiger partial charge in [0, 0.05) is 30.8 Å². The van der Waals surface area contributed by atoms with E-state index in [0.717, 1.165) is 47.0 Å². The number of phenols is 1. The maximum atomic E-state index is 9.73. The maximum Gasteiger partial charge on any atom is 0.175 e. The second kappa shape index (κ2) is 9.40. The first kappa shape index (κ1) is 22.2. The molecule has 1 saturated heterocycles. The van der Waals surface area contributed by atoms with Gasteiger partial charge < -0.3 is 14.4 Å². The summed E-state index contributed by atoms with van der Waals surface area (Å²) in [7, 11) is 0. The number of benzene rings is 3. The lowest BCUT2D eigenvalue weighted by atomic mass is 9.84. The van der Waals surface area contributed by atoms with Crippen molar-refractivity contribution in [1.82, 2.24) is 10.1 Å². The Labute approximate surface area is 209 Å². The minimum atomic E-state index is 0.199. The first-order valence-electron chi connectivity index (χ1n) is 12.2. The van der Waals surface area contributed by atoms with Crippen molar-refractivity contribution in [1.29, 1.82) is 0 Å². The van der Waals surface area contributed by atoms with Crippen molar-refractivity contribution < 1.29 is 14.4 Å². The monoisotopic (exact) mass is 486 g/mol. The highest BCUT2D eigenvalue weighted by Crippen LogP contribution is 2.42. The van der Waals surface area contributed by atoms with Gasteiger partial charge in [0.2, 0.25) is 0 Å². The molecular weight excluding hydrogens is 460 g/mol. The van der Waals surface area contributed by atoms with E-state index in [9.17, 15) is 5.11 Å². The zero-order valence-electron chi connectivity index (χ0n) is 19.4. The molecular formula is C29H27ClN2O3. The van der Waals surface area contributed by atoms with Crippen LogP contribution < -0.4 is 4.74 Å². The molecule has 1 aliphatic heterocycles. The first-order chi connectivity index (χ1) is 17.1. The minimum Gasteiger partial charge on any atom is -0.508 e. The highest BCUT2D eigenvalue weighted by molar-refractivity contribution is 6.33. The summed E-state index contributed by atoms with van der Waals surface area (Å²) in [5.74, 6) is 2.59. The molecule has 0 unspecified atom stereocenters. The molecule has 0 bridgehead atoms. The van der Waals surface area contributed by atoms with Gasteiger partial charge in [-0.05, 0) is 66.8 Å². The van der Waals surface area contributed by atoms with Gasteiger partial charge in [-0.15, -0.1) is 0 Å². The summed E-state index contributed by atoms with van der Waals surface area (Å²) < 4.78 is 12.1. The lowest BCUT2D eigenvalue weighted by Crippen LogP contribution is -2.55. The molecule has 35 heavy (non-hydrogen) atoms. The van der Waals surface area contributed by atoms with Crippen LogP contribution in [0.3, 0.4) is 0 Å². The molecule has 1 saturated carbocycles. The number of likely N-dealkylation sites (tertiary alicyclic amines) is 1. The summed E-state index contributed by atoms with van der Waals surface area (Å²) in [6, 6.07) is 22.6. The normalized spacial score (nSPS) is 16.6. The molecule has 2 heterocycles. The van der Waals surface area contributed by atoms with Crippen molar-refractivity contribution in [2.75, 3.05) is 19.6 Å². The number of aromatic nitrogens is 1. The van der Waals surface area contributed by atoms with Crippen molar-refractivity contribution in [3.8, 4) is 45.2 Å². The second-order valence-electron chi connectivity index (χ2n) is 9.54. The van der Waals surface area contributed by atoms with Crippen molar-refractivity contribution >= 4 is 11.6 Å². The fourth-order valence-corrected chi connectivity index (χ4v) is 5.11. The van der Waals surface area contributed by atoms with E-state index in [0.29, 0.717) is 16.5 Å². The van der Waals surface area contributed by atoms with E-state index in [1.807, 2.05) is 60.7 Å². The number of phenolic OH excluding ortho intramolecular Hbond substituents is 1. The molecule has 0 atom stereocenters. The zero-order valence-corrected chi connectivity index (χ0v) is 20.1. The maximum absolute atomic E-state index is 9.73. The first-order valence-corrected chi connectivity index (χ1v) is 12.6. The van der Waals surface area contributed by atoms with Crippen molar-refractivity contribution in [3.63, 3.8) is 0 Å². The average Bonchev–Trinajstić information content (AvgIpc) is 3.25. The topological polar surface area (TPSA) is 58.7 Å². The molecule has 6 heteroatoms. The van der Waals surface area contributed by atoms with Crippen LogP contribution in [-0.4, -0.2) is 40.9 Å². The smallest absolute Gasteiger partial charge is 0.175 e. The Hall–Kier alpha value is -3.28. The molecule has 5 nitrogen and oxygen atoms in total. The third kappa shape index (κ3) is 4.54. The number of rotatable bonds is 7. The zero-order chi connectivity index (χ0) is 23.8. The molecule has 0 radical (unpaired) electrons. The SMILES string of the molecule is Oc1ccc(-c2onc(-c3ccccc3Cl)c2-c2ccc(OC3CN(CC4CCC4)C3)cc2)cc1. The predicted molar refractivity (Wildman–Crippen MR) is 138 cm³/mol. The van der Waals surface area contributed by atoms with Crippen LogP contribution >= 0.6 is 11.6 Å². The van der Waals surface area contributed by atoms with E-state index >= 15 is 0 Å². The van der Waals surface area contributed by atoms with Crippen molar-refractivity contribution in [2.45, 2.75) is 25.4 Å². The van der Waals surface area contributed by atoms with Crippen LogP contribution in [0.25, 0.3) is 33.7 Å². The van der Waals surface area contributed by atoms with E-state index in [1.54, 1.807) is 12.1 Å². The van der Waals surface area contributed by atoms with Gasteiger partial charge in [0.25, 0.3) is 0 Å². The van der Waals surface area contributed by atoms with Crippen LogP contribution in [-0.2, 0) is 0 Å². The molecule has 1 N–H and O–H groups in total. The molecule has 6 rings (SSSR count). The van der Waals surface area contributed by atoms with Gasteiger partial charge in [-0.1, -0.05) is 53.5 Å². The molecule has 3 aromatic carbocycles. The largest absolute Gasteiger partial charge is 0.508 e. The van der Waals surface area contributed by atoms with E-state index in [2.05, 4.69) is 10.1 Å². The summed E-state index contributed by atoms with van der Waals surface area (Å²) in [6.07, 6.45) is 4.41. The van der Waals surface area contributed by atoms with Crippen LogP contribution in [0, 0.1) is 5.92 Å². The number of nitrogens with zero attached hydrogens (tertiary/aromatic N) is 2. The summed E-state index contributed by atoms with van der Waals surface area (Å²) in [5, 5.41) is 14.7. The Morgan fingerprint density at radius 3 is 2.34 bits per heavy atom. The van der Waals surface area contributed by atoms with Crippen molar-refractivity contribution in [2.24, 2.45) is 5.92 Å². The van der Waals surface area contributed by atoms with Crippen LogP contribution in [0.4, 0.5) is 0 Å². The Kier molecular flexibility index (Phi) is 5.96. The average molecular weight is 487 g/mol. The number of hydrogen-bond acceptors (Lipinski definition) is 5. The Balaban J connectivity index is 1.26. The lowest BCUT2D eigenvalue weighted by Gasteiger charge is -2.42. The number of ether oxygens (including phenoxy) is 1. The van der Waals surface area contributed by atoms with E-state index in [4.69, 9.17) is 20.9 Å². The predicted octanol–water partition coefficient (Wildman–Crippen LogP) is 6.90. The van der Waals surface area contributed by atoms with Crippen LogP contribution in [0.5, 0.6) is 11.5 Å². The third-order valence-corrected chi connectivity index (χ3v) is 7.39. The Bertz CT molecular complexity index is 1310. The third-order valence-electron chi connectivity index (χ3n) is 7.06. The fourth-order valence-electron chi connectivity index (χ4n) is 4.88. The highest BCUT2D eigenvalue weighted by atomic mass is 35.5. The van der Waals surface area contributed by atoms with Crippen LogP contribution in [0.1, 0.15) is 19.3 Å². The molecule has 0 spiro atoms. The van der Waals surface area contributed by atoms with Crippen molar-refractivity contribution in [3.05, 3.63) is 77.8 Å². The van der Waals surface area contributed by atoms with Gasteiger partial charge in [-0.25, -0.2) is 0 Å². The Morgan fingerprint density at radius 1 is 0.943 bits per heavy atom. The fraction of sp³-hybridized carbons (Fsp3) is 0.276. The molecule has 178 valence electrons.